The van der Waals surface area contributed by atoms with Crippen LogP contribution in [0, 0.1) is 0 Å². The van der Waals surface area contributed by atoms with Crippen LogP contribution >= 0.6 is 0 Å². The molecule has 2 heterocycles. The number of likely N-dealkylation sites (tertiary alicyclic amines) is 1. The first kappa shape index (κ1) is 10.0. The number of aryl methyl sites for hydroxylation is 1. The van der Waals surface area contributed by atoms with Crippen LogP contribution in [0.2, 0.25) is 6.32 Å². The summed E-state index contributed by atoms with van der Waals surface area (Å²) in [7, 11) is 2.34. The molecule has 1 aromatic rings. The minimum absolute atomic E-state index is 1.18. The summed E-state index contributed by atoms with van der Waals surface area (Å²) >= 11 is 0. The Labute approximate surface area is 98.4 Å². The van der Waals surface area contributed by atoms with Gasteiger partial charge in [-0.1, -0.05) is 42.1 Å². The van der Waals surface area contributed by atoms with Crippen molar-refractivity contribution in [2.75, 3.05) is 13.1 Å². The predicted molar refractivity (Wildman–Crippen MR) is 70.2 cm³/mol. The predicted octanol–water partition coefficient (Wildman–Crippen LogP) is 2.06. The molecule has 2 heteroatoms. The maximum absolute atomic E-state index is 4.24. The summed E-state index contributed by atoms with van der Waals surface area (Å²) in [6.45, 7) is 6.60. The molecule has 1 radical (unpaired) electrons. The van der Waals surface area contributed by atoms with Crippen molar-refractivity contribution in [1.29, 1.82) is 0 Å². The number of rotatable bonds is 2. The molecule has 0 aromatic heterocycles. The number of hydrogen-bond acceptors (Lipinski definition) is 1. The molecule has 0 spiro atoms. The van der Waals surface area contributed by atoms with E-state index in [9.17, 15) is 0 Å². The third-order valence-electron chi connectivity index (χ3n) is 3.74. The Morgan fingerprint density at radius 3 is 2.88 bits per heavy atom. The van der Waals surface area contributed by atoms with E-state index in [1.807, 2.05) is 0 Å². The molecule has 16 heavy (non-hydrogen) atoms. The van der Waals surface area contributed by atoms with E-state index in [0.717, 1.165) is 0 Å². The standard InChI is InChI=1S/C14H17BN/c1-11(16-8-2-3-9-16)13-5-4-12-6-7-15-14(12)10-13/h4-5,10H,1-3,6-9H2. The fraction of sp³-hybridized carbons (Fsp3) is 0.429. The van der Waals surface area contributed by atoms with Crippen molar-refractivity contribution < 1.29 is 0 Å². The topological polar surface area (TPSA) is 3.24 Å². The van der Waals surface area contributed by atoms with Crippen molar-refractivity contribution in [3.05, 3.63) is 35.9 Å². The van der Waals surface area contributed by atoms with Crippen molar-refractivity contribution in [2.45, 2.75) is 25.6 Å². The molecular formula is C14H17BN. The van der Waals surface area contributed by atoms with Gasteiger partial charge in [0.05, 0.1) is 0 Å². The van der Waals surface area contributed by atoms with E-state index in [2.05, 4.69) is 37.0 Å². The Balaban J connectivity index is 1.86. The molecule has 81 valence electrons. The van der Waals surface area contributed by atoms with Crippen LogP contribution in [-0.2, 0) is 6.42 Å². The van der Waals surface area contributed by atoms with E-state index in [-0.39, 0.29) is 0 Å². The average molecular weight is 210 g/mol. The molecule has 0 atom stereocenters. The Kier molecular flexibility index (Phi) is 2.51. The van der Waals surface area contributed by atoms with Gasteiger partial charge < -0.3 is 4.90 Å². The Morgan fingerprint density at radius 2 is 2.06 bits per heavy atom. The van der Waals surface area contributed by atoms with Crippen LogP contribution in [0.5, 0.6) is 0 Å². The molecule has 1 fully saturated rings. The van der Waals surface area contributed by atoms with Gasteiger partial charge in [0.2, 0.25) is 0 Å². The first-order valence-electron chi connectivity index (χ1n) is 6.25. The Bertz CT molecular complexity index is 419. The second-order valence-corrected chi connectivity index (χ2v) is 4.80. The molecule has 1 saturated heterocycles. The lowest BCUT2D eigenvalue weighted by atomic mass is 9.72. The van der Waals surface area contributed by atoms with E-state index in [1.165, 1.54) is 61.0 Å². The van der Waals surface area contributed by atoms with E-state index in [1.54, 1.807) is 0 Å². The quantitative estimate of drug-likeness (QED) is 0.675. The lowest BCUT2D eigenvalue weighted by Crippen LogP contribution is -2.18. The fourth-order valence-corrected chi connectivity index (χ4v) is 2.74. The van der Waals surface area contributed by atoms with Gasteiger partial charge in [-0.25, -0.2) is 0 Å². The van der Waals surface area contributed by atoms with Crippen molar-refractivity contribution >= 4 is 18.4 Å². The lowest BCUT2D eigenvalue weighted by molar-refractivity contribution is 0.494. The largest absolute Gasteiger partial charge is 0.372 e. The van der Waals surface area contributed by atoms with Crippen LogP contribution in [0.1, 0.15) is 24.0 Å². The third kappa shape index (κ3) is 1.66. The van der Waals surface area contributed by atoms with Crippen molar-refractivity contribution in [2.24, 2.45) is 0 Å². The lowest BCUT2D eigenvalue weighted by Gasteiger charge is -2.21. The summed E-state index contributed by atoms with van der Waals surface area (Å²) in [5, 5.41) is 0. The summed E-state index contributed by atoms with van der Waals surface area (Å²) < 4.78 is 0. The van der Waals surface area contributed by atoms with Crippen LogP contribution in [0.15, 0.2) is 24.8 Å². The van der Waals surface area contributed by atoms with Gasteiger partial charge in [0.1, 0.15) is 0 Å². The molecule has 2 aliphatic rings. The minimum Gasteiger partial charge on any atom is -0.372 e. The van der Waals surface area contributed by atoms with E-state index >= 15 is 0 Å². The summed E-state index contributed by atoms with van der Waals surface area (Å²) in [5.41, 5.74) is 5.44. The normalized spacial score (nSPS) is 18.4. The van der Waals surface area contributed by atoms with Gasteiger partial charge >= 0.3 is 0 Å². The number of fused-ring (bicyclic) bond motifs is 1. The Hall–Kier alpha value is -1.18. The number of hydrogen-bond donors (Lipinski definition) is 0. The summed E-state index contributed by atoms with van der Waals surface area (Å²) in [6.07, 6.45) is 5.05. The summed E-state index contributed by atoms with van der Waals surface area (Å²) in [5.74, 6) is 0. The minimum atomic E-state index is 1.18. The maximum atomic E-state index is 4.24. The molecule has 1 nitrogen and oxygen atoms in total. The highest BCUT2D eigenvalue weighted by atomic mass is 15.1. The maximum Gasteiger partial charge on any atom is 0.152 e. The van der Waals surface area contributed by atoms with Crippen LogP contribution < -0.4 is 5.46 Å². The molecule has 0 amide bonds. The van der Waals surface area contributed by atoms with Crippen LogP contribution in [0.3, 0.4) is 0 Å². The average Bonchev–Trinajstić information content (AvgIpc) is 2.98. The van der Waals surface area contributed by atoms with E-state index in [4.69, 9.17) is 0 Å². The van der Waals surface area contributed by atoms with Gasteiger partial charge in [0.15, 0.2) is 7.28 Å². The number of nitrogens with zero attached hydrogens (tertiary/aromatic N) is 1. The molecule has 0 unspecified atom stereocenters. The third-order valence-corrected chi connectivity index (χ3v) is 3.74. The van der Waals surface area contributed by atoms with E-state index < -0.39 is 0 Å². The highest BCUT2D eigenvalue weighted by Gasteiger charge is 2.17. The zero-order valence-electron chi connectivity index (χ0n) is 9.71. The molecule has 0 aliphatic carbocycles. The summed E-state index contributed by atoms with van der Waals surface area (Å²) in [6, 6.07) is 6.82. The van der Waals surface area contributed by atoms with Crippen molar-refractivity contribution in [3.8, 4) is 0 Å². The summed E-state index contributed by atoms with van der Waals surface area (Å²) in [4.78, 5) is 2.41. The monoisotopic (exact) mass is 210 g/mol. The molecule has 1 aromatic carbocycles. The van der Waals surface area contributed by atoms with Crippen molar-refractivity contribution in [3.63, 3.8) is 0 Å². The zero-order chi connectivity index (χ0) is 11.0. The highest BCUT2D eigenvalue weighted by Crippen LogP contribution is 2.23. The Morgan fingerprint density at radius 1 is 1.25 bits per heavy atom. The highest BCUT2D eigenvalue weighted by molar-refractivity contribution is 6.55. The molecule has 0 bridgehead atoms. The number of benzene rings is 1. The molecular weight excluding hydrogens is 193 g/mol. The van der Waals surface area contributed by atoms with Crippen LogP contribution in [0.4, 0.5) is 0 Å². The van der Waals surface area contributed by atoms with Crippen LogP contribution in [0.25, 0.3) is 5.70 Å². The second kappa shape index (κ2) is 4.01. The first-order chi connectivity index (χ1) is 7.84. The molecule has 0 N–H and O–H groups in total. The fourth-order valence-electron chi connectivity index (χ4n) is 2.74. The van der Waals surface area contributed by atoms with Gasteiger partial charge in [0.25, 0.3) is 0 Å². The van der Waals surface area contributed by atoms with Crippen molar-refractivity contribution in [1.82, 2.24) is 4.90 Å². The van der Waals surface area contributed by atoms with Gasteiger partial charge in [0, 0.05) is 18.8 Å². The molecule has 2 aliphatic heterocycles. The van der Waals surface area contributed by atoms with Gasteiger partial charge in [-0.3, -0.25) is 0 Å². The SMILES string of the molecule is C=C(c1ccc2c(c1)[B]CC2)N1CCCC1. The van der Waals surface area contributed by atoms with Gasteiger partial charge in [-0.15, -0.1) is 0 Å². The van der Waals surface area contributed by atoms with Gasteiger partial charge in [-0.05, 0) is 24.8 Å². The van der Waals surface area contributed by atoms with E-state index in [0.29, 0.717) is 0 Å². The molecule has 3 rings (SSSR count). The van der Waals surface area contributed by atoms with Gasteiger partial charge in [-0.2, -0.15) is 0 Å². The molecule has 0 saturated carbocycles. The zero-order valence-corrected chi connectivity index (χ0v) is 9.71. The smallest absolute Gasteiger partial charge is 0.152 e. The second-order valence-electron chi connectivity index (χ2n) is 4.80. The first-order valence-corrected chi connectivity index (χ1v) is 6.25. The van der Waals surface area contributed by atoms with Crippen LogP contribution in [-0.4, -0.2) is 25.3 Å².